The van der Waals surface area contributed by atoms with E-state index in [1.165, 1.54) is 5.56 Å². The lowest BCUT2D eigenvalue weighted by Crippen LogP contribution is -2.33. The van der Waals surface area contributed by atoms with E-state index in [2.05, 4.69) is 11.4 Å². The third-order valence-corrected chi connectivity index (χ3v) is 3.28. The van der Waals surface area contributed by atoms with Gasteiger partial charge < -0.3 is 15.2 Å². The molecule has 0 bridgehead atoms. The Labute approximate surface area is 96.4 Å². The van der Waals surface area contributed by atoms with Crippen LogP contribution in [0, 0.1) is 5.92 Å². The van der Waals surface area contributed by atoms with Gasteiger partial charge in [-0.1, -0.05) is 18.2 Å². The number of ether oxygens (including phenoxy) is 1. The molecule has 1 fully saturated rings. The molecule has 1 saturated heterocycles. The molecule has 0 radical (unpaired) electrons. The van der Waals surface area contributed by atoms with Crippen molar-refractivity contribution in [1.82, 2.24) is 5.32 Å². The van der Waals surface area contributed by atoms with Gasteiger partial charge in [-0.05, 0) is 31.4 Å². The first-order valence-electron chi connectivity index (χ1n) is 5.82. The second-order valence-electron chi connectivity index (χ2n) is 4.32. The highest BCUT2D eigenvalue weighted by molar-refractivity contribution is 5.36. The second-order valence-corrected chi connectivity index (χ2v) is 4.32. The highest BCUT2D eigenvalue weighted by Gasteiger charge is 2.23. The SMILES string of the molecule is COc1ccccc1C1CC(CO)CCN1. The lowest BCUT2D eigenvalue weighted by molar-refractivity contribution is 0.175. The molecular formula is C13H19NO2. The Hall–Kier alpha value is -1.06. The third kappa shape index (κ3) is 2.36. The van der Waals surface area contributed by atoms with Crippen molar-refractivity contribution in [3.05, 3.63) is 29.8 Å². The molecule has 0 spiro atoms. The fraction of sp³-hybridized carbons (Fsp3) is 0.538. The van der Waals surface area contributed by atoms with E-state index < -0.39 is 0 Å². The van der Waals surface area contributed by atoms with Crippen molar-refractivity contribution in [2.75, 3.05) is 20.3 Å². The van der Waals surface area contributed by atoms with Crippen molar-refractivity contribution in [3.8, 4) is 5.75 Å². The minimum atomic E-state index is 0.285. The topological polar surface area (TPSA) is 41.5 Å². The number of hydrogen-bond donors (Lipinski definition) is 2. The molecule has 2 unspecified atom stereocenters. The Morgan fingerprint density at radius 3 is 3.00 bits per heavy atom. The largest absolute Gasteiger partial charge is 0.496 e. The van der Waals surface area contributed by atoms with Crippen molar-refractivity contribution in [2.24, 2.45) is 5.92 Å². The molecule has 88 valence electrons. The van der Waals surface area contributed by atoms with Gasteiger partial charge in [-0.25, -0.2) is 0 Å². The van der Waals surface area contributed by atoms with Crippen LogP contribution < -0.4 is 10.1 Å². The number of hydrogen-bond acceptors (Lipinski definition) is 3. The zero-order valence-electron chi connectivity index (χ0n) is 9.65. The summed E-state index contributed by atoms with van der Waals surface area (Å²) in [4.78, 5) is 0. The third-order valence-electron chi connectivity index (χ3n) is 3.28. The second kappa shape index (κ2) is 5.32. The summed E-state index contributed by atoms with van der Waals surface area (Å²) in [5, 5.41) is 12.7. The first kappa shape index (κ1) is 11.4. The van der Waals surface area contributed by atoms with E-state index in [9.17, 15) is 5.11 Å². The summed E-state index contributed by atoms with van der Waals surface area (Å²) in [6.45, 7) is 1.25. The van der Waals surface area contributed by atoms with Crippen molar-refractivity contribution in [1.29, 1.82) is 0 Å². The van der Waals surface area contributed by atoms with Gasteiger partial charge in [0.15, 0.2) is 0 Å². The van der Waals surface area contributed by atoms with Crippen molar-refractivity contribution >= 4 is 0 Å². The van der Waals surface area contributed by atoms with Gasteiger partial charge in [0.25, 0.3) is 0 Å². The monoisotopic (exact) mass is 221 g/mol. The van der Waals surface area contributed by atoms with E-state index in [1.54, 1.807) is 7.11 Å². The molecule has 2 rings (SSSR count). The van der Waals surface area contributed by atoms with Crippen molar-refractivity contribution in [3.63, 3.8) is 0 Å². The predicted octanol–water partition coefficient (Wildman–Crippen LogP) is 1.73. The minimum absolute atomic E-state index is 0.285. The van der Waals surface area contributed by atoms with Gasteiger partial charge in [0.05, 0.1) is 7.11 Å². The number of para-hydroxylation sites is 1. The minimum Gasteiger partial charge on any atom is -0.496 e. The van der Waals surface area contributed by atoms with Crippen LogP contribution in [-0.4, -0.2) is 25.4 Å². The number of benzene rings is 1. The molecule has 1 aromatic carbocycles. The van der Waals surface area contributed by atoms with E-state index in [1.807, 2.05) is 18.2 Å². The van der Waals surface area contributed by atoms with Crippen LogP contribution in [0.3, 0.4) is 0 Å². The number of nitrogens with one attached hydrogen (secondary N) is 1. The van der Waals surface area contributed by atoms with Crippen LogP contribution in [0.4, 0.5) is 0 Å². The standard InChI is InChI=1S/C13H19NO2/c1-16-13-5-3-2-4-11(13)12-8-10(9-15)6-7-14-12/h2-5,10,12,14-15H,6-9H2,1H3. The van der Waals surface area contributed by atoms with Gasteiger partial charge in [0, 0.05) is 18.2 Å². The fourth-order valence-corrected chi connectivity index (χ4v) is 2.35. The molecule has 0 aliphatic carbocycles. The molecular weight excluding hydrogens is 202 g/mol. The van der Waals surface area contributed by atoms with Crippen molar-refractivity contribution in [2.45, 2.75) is 18.9 Å². The van der Waals surface area contributed by atoms with E-state index in [0.717, 1.165) is 25.1 Å². The maximum atomic E-state index is 9.22. The molecule has 3 nitrogen and oxygen atoms in total. The molecule has 0 saturated carbocycles. The molecule has 1 aliphatic heterocycles. The average molecular weight is 221 g/mol. The zero-order valence-corrected chi connectivity index (χ0v) is 9.65. The fourth-order valence-electron chi connectivity index (χ4n) is 2.35. The predicted molar refractivity (Wildman–Crippen MR) is 63.5 cm³/mol. The first-order valence-corrected chi connectivity index (χ1v) is 5.82. The lowest BCUT2D eigenvalue weighted by atomic mass is 9.89. The summed E-state index contributed by atoms with van der Waals surface area (Å²) >= 11 is 0. The molecule has 2 N–H and O–H groups in total. The smallest absolute Gasteiger partial charge is 0.123 e. The maximum Gasteiger partial charge on any atom is 0.123 e. The summed E-state index contributed by atoms with van der Waals surface area (Å²) in [5.41, 5.74) is 1.20. The van der Waals surface area contributed by atoms with Crippen molar-refractivity contribution < 1.29 is 9.84 Å². The molecule has 3 heteroatoms. The Bertz CT molecular complexity index is 340. The van der Waals surface area contributed by atoms with Crippen LogP contribution in [-0.2, 0) is 0 Å². The number of rotatable bonds is 3. The van der Waals surface area contributed by atoms with Crippen LogP contribution in [0.5, 0.6) is 5.75 Å². The van der Waals surface area contributed by atoms with Crippen LogP contribution >= 0.6 is 0 Å². The Morgan fingerprint density at radius 1 is 1.44 bits per heavy atom. The first-order chi connectivity index (χ1) is 7.85. The molecule has 1 aromatic rings. The molecule has 16 heavy (non-hydrogen) atoms. The average Bonchev–Trinajstić information content (AvgIpc) is 2.38. The summed E-state index contributed by atoms with van der Waals surface area (Å²) in [6, 6.07) is 8.40. The molecule has 0 aromatic heterocycles. The van der Waals surface area contributed by atoms with E-state index in [-0.39, 0.29) is 6.61 Å². The van der Waals surface area contributed by atoms with Gasteiger partial charge in [0.2, 0.25) is 0 Å². The number of aliphatic hydroxyl groups excluding tert-OH is 1. The van der Waals surface area contributed by atoms with Crippen LogP contribution in [0.25, 0.3) is 0 Å². The van der Waals surface area contributed by atoms with Gasteiger partial charge in [-0.3, -0.25) is 0 Å². The summed E-state index contributed by atoms with van der Waals surface area (Å²) in [6.07, 6.45) is 2.04. The highest BCUT2D eigenvalue weighted by atomic mass is 16.5. The van der Waals surface area contributed by atoms with Gasteiger partial charge >= 0.3 is 0 Å². The molecule has 0 amide bonds. The van der Waals surface area contributed by atoms with E-state index >= 15 is 0 Å². The Balaban J connectivity index is 2.16. The number of aliphatic hydroxyl groups is 1. The number of methoxy groups -OCH3 is 1. The molecule has 1 aliphatic rings. The summed E-state index contributed by atoms with van der Waals surface area (Å²) in [5.74, 6) is 1.34. The van der Waals surface area contributed by atoms with Gasteiger partial charge in [-0.2, -0.15) is 0 Å². The normalized spacial score (nSPS) is 25.4. The Morgan fingerprint density at radius 2 is 2.25 bits per heavy atom. The van der Waals surface area contributed by atoms with Crippen LogP contribution in [0.2, 0.25) is 0 Å². The lowest BCUT2D eigenvalue weighted by Gasteiger charge is -2.30. The van der Waals surface area contributed by atoms with Crippen LogP contribution in [0.15, 0.2) is 24.3 Å². The maximum absolute atomic E-state index is 9.22. The summed E-state index contributed by atoms with van der Waals surface area (Å²) < 4.78 is 5.36. The van der Waals surface area contributed by atoms with E-state index in [4.69, 9.17) is 4.74 Å². The van der Waals surface area contributed by atoms with Gasteiger partial charge in [-0.15, -0.1) is 0 Å². The molecule has 2 atom stereocenters. The van der Waals surface area contributed by atoms with Gasteiger partial charge in [0.1, 0.15) is 5.75 Å². The van der Waals surface area contributed by atoms with E-state index in [0.29, 0.717) is 12.0 Å². The van der Waals surface area contributed by atoms with Crippen LogP contribution in [0.1, 0.15) is 24.4 Å². The molecule has 1 heterocycles. The highest BCUT2D eigenvalue weighted by Crippen LogP contribution is 2.32. The summed E-state index contributed by atoms with van der Waals surface area (Å²) in [7, 11) is 1.70. The number of piperidine rings is 1. The zero-order chi connectivity index (χ0) is 11.4. The Kier molecular flexibility index (Phi) is 3.80. The quantitative estimate of drug-likeness (QED) is 0.816.